The van der Waals surface area contributed by atoms with Gasteiger partial charge in [-0.15, -0.1) is 0 Å². The number of aromatic amines is 1. The summed E-state index contributed by atoms with van der Waals surface area (Å²) >= 11 is 6.49. The first-order valence-electron chi connectivity index (χ1n) is 31.2. The van der Waals surface area contributed by atoms with Crippen LogP contribution in [0.3, 0.4) is 0 Å². The number of methoxy groups -OCH3 is 1. The van der Waals surface area contributed by atoms with E-state index in [0.717, 1.165) is 65.7 Å². The SMILES string of the molecule is CC(=O)CCc1ccc(NC(=O)C2=CN=C(c3c(-c4ccc(F)cc4)ncn3C)C2)c(F)c1.COc1cc(C(=O)O)ccc1CC(=O)c1cnc(-c2c(-c3ccc(F)cc3)ncn2C)[nH]1.Cn1cnc(-c2ccc(F)cc2)c1C1=NC=C(C(=O)Nc2ccc(N3CCNCC3)cc2Cl)C1. The quantitative estimate of drug-likeness (QED) is 0.0373. The Morgan fingerprint density at radius 2 is 1.12 bits per heavy atom. The van der Waals surface area contributed by atoms with Crippen LogP contribution in [-0.2, 0) is 48.4 Å². The highest BCUT2D eigenvalue weighted by Crippen LogP contribution is 2.34. The number of aliphatic imine (C=N–C) groups is 2. The number of H-pyrrole nitrogens is 1. The zero-order chi connectivity index (χ0) is 70.0. The van der Waals surface area contributed by atoms with E-state index < -0.39 is 17.7 Å². The number of aromatic nitrogens is 8. The summed E-state index contributed by atoms with van der Waals surface area (Å²) in [5.74, 6) is -2.76. The first kappa shape index (κ1) is 68.7. The average molecular weight is 1360 g/mol. The van der Waals surface area contributed by atoms with Crippen LogP contribution in [0.25, 0.3) is 45.3 Å². The minimum atomic E-state index is -1.08. The Bertz CT molecular complexity index is 4850. The van der Waals surface area contributed by atoms with Gasteiger partial charge in [0, 0.05) is 124 Å². The largest absolute Gasteiger partial charge is 0.496 e. The summed E-state index contributed by atoms with van der Waals surface area (Å²) in [6.45, 7) is 5.20. The molecule has 3 aliphatic rings. The summed E-state index contributed by atoms with van der Waals surface area (Å²) in [6.07, 6.45) is 10.8. The third kappa shape index (κ3) is 16.2. The van der Waals surface area contributed by atoms with Crippen LogP contribution in [0.15, 0.2) is 186 Å². The Hall–Kier alpha value is -11.7. The van der Waals surface area contributed by atoms with Crippen LogP contribution in [0.5, 0.6) is 5.75 Å². The summed E-state index contributed by atoms with van der Waals surface area (Å²) in [6, 6.07) is 32.7. The fraction of sp³-hybridized carbons (Fsp3) is 0.192. The highest BCUT2D eigenvalue weighted by atomic mass is 35.5. The number of hydrogen-bond acceptors (Lipinski definition) is 14. The number of carboxylic acid groups (broad SMARTS) is 1. The van der Waals surface area contributed by atoms with Gasteiger partial charge in [0.25, 0.3) is 11.8 Å². The van der Waals surface area contributed by atoms with Crippen molar-refractivity contribution >= 4 is 69.4 Å². The van der Waals surface area contributed by atoms with Crippen molar-refractivity contribution in [2.75, 3.05) is 48.8 Å². The number of benzene rings is 6. The number of carbonyl (C=O) groups excluding carboxylic acids is 4. The number of ether oxygens (including phenoxy) is 1. The minimum Gasteiger partial charge on any atom is -0.496 e. The van der Waals surface area contributed by atoms with Crippen molar-refractivity contribution in [1.82, 2.24) is 43.9 Å². The lowest BCUT2D eigenvalue weighted by molar-refractivity contribution is -0.117. The van der Waals surface area contributed by atoms with Crippen molar-refractivity contribution in [1.29, 1.82) is 0 Å². The van der Waals surface area contributed by atoms with E-state index in [-0.39, 0.29) is 64.7 Å². The number of aryl methyl sites for hydroxylation is 4. The fourth-order valence-corrected chi connectivity index (χ4v) is 11.5. The Labute approximate surface area is 570 Å². The van der Waals surface area contributed by atoms with Gasteiger partial charge in [0.2, 0.25) is 0 Å². The molecular weight excluding hydrogens is 1300 g/mol. The number of ketones is 2. The topological polar surface area (TPSA) is 261 Å². The number of rotatable bonds is 19. The molecule has 0 aliphatic carbocycles. The van der Waals surface area contributed by atoms with Crippen LogP contribution < -0.4 is 25.6 Å². The summed E-state index contributed by atoms with van der Waals surface area (Å²) in [5, 5.41) is 18.5. The first-order chi connectivity index (χ1) is 47.7. The van der Waals surface area contributed by atoms with E-state index in [2.05, 4.69) is 55.8 Å². The molecule has 504 valence electrons. The third-order valence-electron chi connectivity index (χ3n) is 16.5. The number of amides is 2. The number of nitrogens with one attached hydrogen (secondary N) is 4. The summed E-state index contributed by atoms with van der Waals surface area (Å²) in [5.41, 5.74) is 11.9. The van der Waals surface area contributed by atoms with Gasteiger partial charge in [-0.25, -0.2) is 42.3 Å². The molecule has 0 bridgehead atoms. The molecule has 10 aromatic rings. The van der Waals surface area contributed by atoms with E-state index >= 15 is 0 Å². The second-order valence-corrected chi connectivity index (χ2v) is 23.8. The Kier molecular flexibility index (Phi) is 21.2. The Morgan fingerprint density at radius 3 is 1.62 bits per heavy atom. The second-order valence-electron chi connectivity index (χ2n) is 23.4. The van der Waals surface area contributed by atoms with Crippen LogP contribution in [0.1, 0.15) is 69.5 Å². The van der Waals surface area contributed by atoms with Crippen molar-refractivity contribution < 1.29 is 51.4 Å². The van der Waals surface area contributed by atoms with Crippen LogP contribution in [-0.4, -0.2) is 118 Å². The molecule has 1 saturated heterocycles. The average Bonchev–Trinajstić information content (AvgIpc) is 1.67. The molecule has 0 atom stereocenters. The number of piperazine rings is 1. The number of nitrogens with zero attached hydrogens (tertiary/aromatic N) is 10. The molecule has 0 saturated carbocycles. The van der Waals surface area contributed by atoms with Crippen LogP contribution in [0.2, 0.25) is 5.02 Å². The van der Waals surface area contributed by atoms with E-state index in [9.17, 15) is 41.5 Å². The van der Waals surface area contributed by atoms with Gasteiger partial charge < -0.3 is 54.2 Å². The maximum Gasteiger partial charge on any atom is 0.335 e. The molecule has 3 aliphatic heterocycles. The van der Waals surface area contributed by atoms with E-state index in [0.29, 0.717) is 92.3 Å². The van der Waals surface area contributed by atoms with Gasteiger partial charge >= 0.3 is 5.97 Å². The van der Waals surface area contributed by atoms with Crippen LogP contribution >= 0.6 is 11.6 Å². The molecule has 2 amide bonds. The first-order valence-corrected chi connectivity index (χ1v) is 31.5. The van der Waals surface area contributed by atoms with Gasteiger partial charge in [0.1, 0.15) is 46.2 Å². The molecule has 1 fully saturated rings. The van der Waals surface area contributed by atoms with E-state index in [1.165, 1.54) is 87.1 Å². The lowest BCUT2D eigenvalue weighted by Gasteiger charge is -2.29. The third-order valence-corrected chi connectivity index (χ3v) is 16.8. The maximum absolute atomic E-state index is 14.5. The molecule has 5 N–H and O–H groups in total. The van der Waals surface area contributed by atoms with Gasteiger partial charge in [-0.2, -0.15) is 0 Å². The standard InChI is InChI=1S/C25H24ClFN6O.C25H22F2N4O2.C23H19FN4O4/c1-32-15-30-23(16-2-4-18(27)5-3-16)24(32)22-12-17(14-29-22)25(34)31-21-7-6-19(13-20(21)26)33-10-8-28-9-11-33;1-15(32)3-4-16-5-10-21(20(27)11-16)30-25(33)18-12-22(28-13-18)24-23(29-14-31(24)2)17-6-8-19(26)9-7-17;1-28-12-26-20(13-5-7-16(24)8-6-13)21(28)22-25-11-17(27-22)18(29)9-14-3-4-15(23(30)31)10-19(14)32-2/h2-7,13-15,28H,8-12H2,1H3,(H,31,34);5-11,13-14H,3-4,12H2,1-2H3,(H,30,33);3-8,10-12H,9H2,1-2H3,(H,25,27)(H,30,31). The van der Waals surface area contributed by atoms with Crippen molar-refractivity contribution in [3.05, 3.63) is 238 Å². The Morgan fingerprint density at radius 1 is 0.616 bits per heavy atom. The normalized spacial score (nSPS) is 13.3. The molecule has 0 radical (unpaired) electrons. The molecule has 13 rings (SSSR count). The lowest BCUT2D eigenvalue weighted by Crippen LogP contribution is -2.43. The molecule has 21 nitrogen and oxygen atoms in total. The van der Waals surface area contributed by atoms with Gasteiger partial charge in [0.15, 0.2) is 11.6 Å². The van der Waals surface area contributed by atoms with Gasteiger partial charge in [-0.3, -0.25) is 24.4 Å². The molecule has 4 aromatic heterocycles. The number of halogens is 5. The van der Waals surface area contributed by atoms with Crippen molar-refractivity contribution in [3.8, 4) is 51.0 Å². The highest BCUT2D eigenvalue weighted by Gasteiger charge is 2.28. The zero-order valence-electron chi connectivity index (χ0n) is 54.2. The predicted molar refractivity (Wildman–Crippen MR) is 369 cm³/mol. The monoisotopic (exact) mass is 1360 g/mol. The molecule has 26 heteroatoms. The van der Waals surface area contributed by atoms with Crippen molar-refractivity contribution in [2.45, 2.75) is 39.0 Å². The fourth-order valence-electron chi connectivity index (χ4n) is 11.3. The van der Waals surface area contributed by atoms with Gasteiger partial charge in [-0.05, 0) is 134 Å². The maximum atomic E-state index is 14.5. The Balaban J connectivity index is 0.000000150. The van der Waals surface area contributed by atoms with E-state index in [4.69, 9.17) is 21.4 Å². The molecule has 0 unspecified atom stereocenters. The summed E-state index contributed by atoms with van der Waals surface area (Å²) in [7, 11) is 6.91. The molecule has 6 aromatic carbocycles. The predicted octanol–water partition coefficient (Wildman–Crippen LogP) is 12.4. The smallest absolute Gasteiger partial charge is 0.335 e. The lowest BCUT2D eigenvalue weighted by atomic mass is 10.0. The van der Waals surface area contributed by atoms with Gasteiger partial charge in [-0.1, -0.05) is 23.7 Å². The minimum absolute atomic E-state index is 0.000905. The highest BCUT2D eigenvalue weighted by molar-refractivity contribution is 6.34. The summed E-state index contributed by atoms with van der Waals surface area (Å²) < 4.78 is 65.1. The number of hydrogen-bond donors (Lipinski definition) is 5. The second kappa shape index (κ2) is 30.6. The van der Waals surface area contributed by atoms with E-state index in [1.807, 2.05) is 36.9 Å². The van der Waals surface area contributed by atoms with Crippen LogP contribution in [0, 0.1) is 23.3 Å². The van der Waals surface area contributed by atoms with Crippen molar-refractivity contribution in [2.24, 2.45) is 31.1 Å². The van der Waals surface area contributed by atoms with E-state index in [1.54, 1.807) is 89.9 Å². The number of Topliss-reactive ketones (excluding diaryl/α,β-unsaturated/α-hetero) is 2. The number of aromatic carboxylic acids is 1. The van der Waals surface area contributed by atoms with Crippen LogP contribution in [0.4, 0.5) is 34.6 Å². The number of carbonyl (C=O) groups is 5. The molecule has 0 spiro atoms. The number of imidazole rings is 4. The van der Waals surface area contributed by atoms with Gasteiger partial charge in [0.05, 0.1) is 94.1 Å². The van der Waals surface area contributed by atoms with Crippen molar-refractivity contribution in [3.63, 3.8) is 0 Å². The number of anilines is 3. The number of carboxylic acids is 1. The molecule has 7 heterocycles. The zero-order valence-corrected chi connectivity index (χ0v) is 55.0. The summed E-state index contributed by atoms with van der Waals surface area (Å²) in [4.78, 5) is 92.6. The molecular formula is C73H65ClF4N14O7. The molecule has 99 heavy (non-hydrogen) atoms.